The van der Waals surface area contributed by atoms with E-state index in [0.717, 1.165) is 25.2 Å². The summed E-state index contributed by atoms with van der Waals surface area (Å²) in [5, 5.41) is 3.65. The number of carbonyl (C=O) groups is 1. The van der Waals surface area contributed by atoms with Crippen molar-refractivity contribution >= 4 is 17.5 Å². The molecule has 0 radical (unpaired) electrons. The van der Waals surface area contributed by atoms with Crippen LogP contribution in [0.15, 0.2) is 18.2 Å². The van der Waals surface area contributed by atoms with Crippen molar-refractivity contribution in [1.82, 2.24) is 5.32 Å². The molecule has 1 aliphatic rings. The summed E-state index contributed by atoms with van der Waals surface area (Å²) in [5.74, 6) is 0.350. The molecule has 1 fully saturated rings. The zero-order chi connectivity index (χ0) is 13.1. The average molecular weight is 268 g/mol. The number of benzene rings is 1. The molecule has 1 aromatic carbocycles. The van der Waals surface area contributed by atoms with Crippen LogP contribution in [-0.2, 0) is 4.74 Å². The van der Waals surface area contributed by atoms with Crippen LogP contribution >= 0.6 is 11.6 Å². The summed E-state index contributed by atoms with van der Waals surface area (Å²) < 4.78 is 5.34. The van der Waals surface area contributed by atoms with Gasteiger partial charge in [0.05, 0.1) is 6.61 Å². The van der Waals surface area contributed by atoms with Crippen molar-refractivity contribution in [1.29, 1.82) is 0 Å². The molecule has 0 aliphatic carbocycles. The topological polar surface area (TPSA) is 38.3 Å². The largest absolute Gasteiger partial charge is 0.381 e. The molecule has 18 heavy (non-hydrogen) atoms. The van der Waals surface area contributed by atoms with Crippen molar-refractivity contribution in [2.75, 3.05) is 13.2 Å². The normalized spacial score (nSPS) is 20.7. The molecule has 1 N–H and O–H groups in total. The molecule has 0 spiro atoms. The molecular formula is C14H18ClNO2. The van der Waals surface area contributed by atoms with E-state index >= 15 is 0 Å². The lowest BCUT2D eigenvalue weighted by Gasteiger charge is -2.20. The number of hydrogen-bond acceptors (Lipinski definition) is 2. The van der Waals surface area contributed by atoms with Crippen LogP contribution in [0.3, 0.4) is 0 Å². The van der Waals surface area contributed by atoms with Gasteiger partial charge in [-0.3, -0.25) is 4.79 Å². The van der Waals surface area contributed by atoms with Crippen LogP contribution in [0.5, 0.6) is 0 Å². The number of carbonyl (C=O) groups excluding carboxylic acids is 1. The lowest BCUT2D eigenvalue weighted by Crippen LogP contribution is -2.38. The Morgan fingerprint density at radius 2 is 2.33 bits per heavy atom. The van der Waals surface area contributed by atoms with E-state index in [1.807, 2.05) is 13.8 Å². The quantitative estimate of drug-likeness (QED) is 0.915. The lowest BCUT2D eigenvalue weighted by atomic mass is 10.00. The molecule has 1 aromatic rings. The summed E-state index contributed by atoms with van der Waals surface area (Å²) in [4.78, 5) is 12.2. The second kappa shape index (κ2) is 5.72. The maximum atomic E-state index is 12.2. The van der Waals surface area contributed by atoms with Gasteiger partial charge in [0.15, 0.2) is 0 Å². The SMILES string of the molecule is Cc1c(Cl)cccc1C(=O)N[C@@H](C)[C@@H]1CCOC1. The maximum absolute atomic E-state index is 12.2. The van der Waals surface area contributed by atoms with Gasteiger partial charge in [-0.2, -0.15) is 0 Å². The highest BCUT2D eigenvalue weighted by Gasteiger charge is 2.24. The second-order valence-electron chi connectivity index (χ2n) is 4.80. The van der Waals surface area contributed by atoms with Crippen LogP contribution in [0, 0.1) is 12.8 Å². The minimum atomic E-state index is -0.0607. The van der Waals surface area contributed by atoms with Crippen molar-refractivity contribution in [3.63, 3.8) is 0 Å². The number of amides is 1. The van der Waals surface area contributed by atoms with Crippen LogP contribution < -0.4 is 5.32 Å². The first kappa shape index (κ1) is 13.4. The molecule has 2 atom stereocenters. The van der Waals surface area contributed by atoms with E-state index < -0.39 is 0 Å². The molecule has 1 heterocycles. The molecule has 0 aromatic heterocycles. The molecule has 4 heteroatoms. The van der Waals surface area contributed by atoms with Crippen LogP contribution in [0.1, 0.15) is 29.3 Å². The third-order valence-electron chi connectivity index (χ3n) is 3.54. The number of rotatable bonds is 3. The number of halogens is 1. The Kier molecular flexibility index (Phi) is 4.25. The zero-order valence-corrected chi connectivity index (χ0v) is 11.5. The van der Waals surface area contributed by atoms with Crippen LogP contribution in [-0.4, -0.2) is 25.2 Å². The van der Waals surface area contributed by atoms with Crippen molar-refractivity contribution < 1.29 is 9.53 Å². The van der Waals surface area contributed by atoms with E-state index in [9.17, 15) is 4.79 Å². The van der Waals surface area contributed by atoms with Crippen LogP contribution in [0.25, 0.3) is 0 Å². The van der Waals surface area contributed by atoms with Crippen molar-refractivity contribution in [2.45, 2.75) is 26.3 Å². The Morgan fingerprint density at radius 1 is 1.56 bits per heavy atom. The molecule has 0 unspecified atom stereocenters. The number of nitrogens with one attached hydrogen (secondary N) is 1. The highest BCUT2D eigenvalue weighted by atomic mass is 35.5. The van der Waals surface area contributed by atoms with Gasteiger partial charge in [0.1, 0.15) is 0 Å². The smallest absolute Gasteiger partial charge is 0.251 e. The molecule has 2 rings (SSSR count). The lowest BCUT2D eigenvalue weighted by molar-refractivity contribution is 0.0921. The first-order valence-electron chi connectivity index (χ1n) is 6.23. The van der Waals surface area contributed by atoms with Gasteiger partial charge >= 0.3 is 0 Å². The van der Waals surface area contributed by atoms with Gasteiger partial charge in [0, 0.05) is 29.2 Å². The predicted octanol–water partition coefficient (Wildman–Crippen LogP) is 2.80. The molecule has 1 aliphatic heterocycles. The number of ether oxygens (including phenoxy) is 1. The van der Waals surface area contributed by atoms with Gasteiger partial charge in [-0.05, 0) is 38.0 Å². The Bertz CT molecular complexity index is 441. The Labute approximate surface area is 112 Å². The molecule has 0 bridgehead atoms. The van der Waals surface area contributed by atoms with E-state index in [1.54, 1.807) is 18.2 Å². The Morgan fingerprint density at radius 3 is 3.00 bits per heavy atom. The fourth-order valence-electron chi connectivity index (χ4n) is 2.20. The first-order chi connectivity index (χ1) is 8.59. The molecule has 1 amide bonds. The third kappa shape index (κ3) is 2.85. The van der Waals surface area contributed by atoms with E-state index in [2.05, 4.69) is 5.32 Å². The average Bonchev–Trinajstić information content (AvgIpc) is 2.86. The highest BCUT2D eigenvalue weighted by molar-refractivity contribution is 6.31. The minimum Gasteiger partial charge on any atom is -0.381 e. The zero-order valence-electron chi connectivity index (χ0n) is 10.7. The maximum Gasteiger partial charge on any atom is 0.251 e. The van der Waals surface area contributed by atoms with Crippen molar-refractivity contribution in [3.8, 4) is 0 Å². The summed E-state index contributed by atoms with van der Waals surface area (Å²) in [5.41, 5.74) is 1.47. The minimum absolute atomic E-state index is 0.0607. The van der Waals surface area contributed by atoms with Gasteiger partial charge in [0.25, 0.3) is 5.91 Å². The monoisotopic (exact) mass is 267 g/mol. The molecule has 98 valence electrons. The van der Waals surface area contributed by atoms with E-state index in [4.69, 9.17) is 16.3 Å². The van der Waals surface area contributed by atoms with Gasteiger partial charge < -0.3 is 10.1 Å². The second-order valence-corrected chi connectivity index (χ2v) is 5.21. The van der Waals surface area contributed by atoms with Gasteiger partial charge in [-0.15, -0.1) is 0 Å². The summed E-state index contributed by atoms with van der Waals surface area (Å²) >= 11 is 6.02. The summed E-state index contributed by atoms with van der Waals surface area (Å²) in [6.07, 6.45) is 1.01. The fraction of sp³-hybridized carbons (Fsp3) is 0.500. The van der Waals surface area contributed by atoms with Gasteiger partial charge in [-0.25, -0.2) is 0 Å². The molecule has 3 nitrogen and oxygen atoms in total. The van der Waals surface area contributed by atoms with Crippen LogP contribution in [0.4, 0.5) is 0 Å². The van der Waals surface area contributed by atoms with Gasteiger partial charge in [0.2, 0.25) is 0 Å². The third-order valence-corrected chi connectivity index (χ3v) is 3.95. The molecular weight excluding hydrogens is 250 g/mol. The summed E-state index contributed by atoms with van der Waals surface area (Å²) in [7, 11) is 0. The highest BCUT2D eigenvalue weighted by Crippen LogP contribution is 2.20. The van der Waals surface area contributed by atoms with E-state index in [-0.39, 0.29) is 11.9 Å². The van der Waals surface area contributed by atoms with Crippen molar-refractivity contribution in [3.05, 3.63) is 34.3 Å². The first-order valence-corrected chi connectivity index (χ1v) is 6.61. The van der Waals surface area contributed by atoms with E-state index in [0.29, 0.717) is 16.5 Å². The Balaban J connectivity index is 2.05. The fourth-order valence-corrected chi connectivity index (χ4v) is 2.38. The van der Waals surface area contributed by atoms with Gasteiger partial charge in [-0.1, -0.05) is 17.7 Å². The summed E-state index contributed by atoms with van der Waals surface area (Å²) in [6, 6.07) is 5.52. The molecule has 1 saturated heterocycles. The molecule has 0 saturated carbocycles. The van der Waals surface area contributed by atoms with Crippen LogP contribution in [0.2, 0.25) is 5.02 Å². The number of hydrogen-bond donors (Lipinski definition) is 1. The predicted molar refractivity (Wildman–Crippen MR) is 72.0 cm³/mol. The standard InChI is InChI=1S/C14H18ClNO2/c1-9-12(4-3-5-13(9)15)14(17)16-10(2)11-6-7-18-8-11/h3-5,10-11H,6-8H2,1-2H3,(H,16,17)/t10-,11+/m0/s1. The van der Waals surface area contributed by atoms with E-state index in [1.165, 1.54) is 0 Å². The van der Waals surface area contributed by atoms with Crippen molar-refractivity contribution in [2.24, 2.45) is 5.92 Å². The summed E-state index contributed by atoms with van der Waals surface area (Å²) in [6.45, 7) is 5.41. The Hall–Kier alpha value is -1.06.